The number of carbonyl (C=O) groups is 1. The fraction of sp³-hybridized carbons (Fsp3) is 0.462. The third kappa shape index (κ3) is 1.87. The van der Waals surface area contributed by atoms with Crippen molar-refractivity contribution in [1.29, 1.82) is 0 Å². The quantitative estimate of drug-likeness (QED) is 0.777. The molecular weight excluding hydrogens is 205 g/mol. The molecule has 0 radical (unpaired) electrons. The summed E-state index contributed by atoms with van der Waals surface area (Å²) in [5.74, 6) is -0.349. The Morgan fingerprint density at radius 1 is 1.50 bits per heavy atom. The number of benzene rings is 1. The summed E-state index contributed by atoms with van der Waals surface area (Å²) >= 11 is 0. The summed E-state index contributed by atoms with van der Waals surface area (Å²) in [5.41, 5.74) is 0.816. The van der Waals surface area contributed by atoms with Gasteiger partial charge in [0.1, 0.15) is 5.82 Å². The first-order valence-electron chi connectivity index (χ1n) is 5.59. The van der Waals surface area contributed by atoms with Crippen LogP contribution in [0.5, 0.6) is 0 Å². The van der Waals surface area contributed by atoms with Gasteiger partial charge in [0.2, 0.25) is 0 Å². The number of halogens is 1. The summed E-state index contributed by atoms with van der Waals surface area (Å²) in [6.45, 7) is 4.59. The number of carbonyl (C=O) groups excluding carboxylic acids is 1. The Balaban J connectivity index is 2.36. The normalized spacial score (nSPS) is 24.7. The Morgan fingerprint density at radius 2 is 2.25 bits per heavy atom. The second kappa shape index (κ2) is 3.98. The third-order valence-electron chi connectivity index (χ3n) is 3.31. The molecular formula is C13H16FNO. The SMILES string of the molecule is Cc1ccc(F)cc1C(=O)C1(C)CCCN1. The molecule has 2 nitrogen and oxygen atoms in total. The van der Waals surface area contributed by atoms with Crippen molar-refractivity contribution in [3.63, 3.8) is 0 Å². The molecule has 0 aromatic heterocycles. The van der Waals surface area contributed by atoms with E-state index in [0.717, 1.165) is 24.9 Å². The lowest BCUT2D eigenvalue weighted by Crippen LogP contribution is -2.44. The molecule has 0 saturated carbocycles. The van der Waals surface area contributed by atoms with E-state index >= 15 is 0 Å². The molecule has 3 heteroatoms. The maximum atomic E-state index is 13.1. The summed E-state index contributed by atoms with van der Waals surface area (Å²) in [7, 11) is 0. The van der Waals surface area contributed by atoms with Crippen LogP contribution < -0.4 is 5.32 Å². The van der Waals surface area contributed by atoms with Crippen LogP contribution in [0, 0.1) is 12.7 Å². The Labute approximate surface area is 94.9 Å². The second-order valence-corrected chi connectivity index (χ2v) is 4.65. The molecule has 1 aromatic carbocycles. The summed E-state index contributed by atoms with van der Waals surface area (Å²) in [4.78, 5) is 12.3. The molecule has 1 aromatic rings. The van der Waals surface area contributed by atoms with Gasteiger partial charge in [0.15, 0.2) is 5.78 Å². The van der Waals surface area contributed by atoms with Crippen molar-refractivity contribution in [3.8, 4) is 0 Å². The highest BCUT2D eigenvalue weighted by Gasteiger charge is 2.36. The number of aryl methyl sites for hydroxylation is 1. The Kier molecular flexibility index (Phi) is 2.80. The first-order valence-corrected chi connectivity index (χ1v) is 5.59. The molecule has 1 N–H and O–H groups in total. The molecule has 0 bridgehead atoms. The lowest BCUT2D eigenvalue weighted by Gasteiger charge is -2.23. The molecule has 1 saturated heterocycles. The van der Waals surface area contributed by atoms with Crippen LogP contribution in [-0.4, -0.2) is 17.9 Å². The van der Waals surface area contributed by atoms with Gasteiger partial charge in [0.25, 0.3) is 0 Å². The van der Waals surface area contributed by atoms with Gasteiger partial charge < -0.3 is 5.32 Å². The highest BCUT2D eigenvalue weighted by Crippen LogP contribution is 2.25. The maximum Gasteiger partial charge on any atom is 0.182 e. The zero-order valence-corrected chi connectivity index (χ0v) is 9.64. The Morgan fingerprint density at radius 3 is 2.88 bits per heavy atom. The Hall–Kier alpha value is -1.22. The van der Waals surface area contributed by atoms with Gasteiger partial charge in [-0.3, -0.25) is 4.79 Å². The second-order valence-electron chi connectivity index (χ2n) is 4.65. The van der Waals surface area contributed by atoms with E-state index in [4.69, 9.17) is 0 Å². The predicted octanol–water partition coefficient (Wildman–Crippen LogP) is 2.46. The van der Waals surface area contributed by atoms with Crippen LogP contribution in [0.3, 0.4) is 0 Å². The molecule has 2 rings (SSSR count). The summed E-state index contributed by atoms with van der Waals surface area (Å²) in [6.07, 6.45) is 1.82. The molecule has 0 amide bonds. The lowest BCUT2D eigenvalue weighted by molar-refractivity contribution is 0.0883. The van der Waals surface area contributed by atoms with E-state index in [0.29, 0.717) is 5.56 Å². The number of nitrogens with one attached hydrogen (secondary N) is 1. The molecule has 1 aliphatic heterocycles. The minimum atomic E-state index is -0.515. The smallest absolute Gasteiger partial charge is 0.182 e. The van der Waals surface area contributed by atoms with E-state index in [2.05, 4.69) is 5.32 Å². The van der Waals surface area contributed by atoms with Crippen molar-refractivity contribution in [3.05, 3.63) is 35.1 Å². The van der Waals surface area contributed by atoms with Gasteiger partial charge in [-0.15, -0.1) is 0 Å². The lowest BCUT2D eigenvalue weighted by atomic mass is 9.88. The van der Waals surface area contributed by atoms with Crippen molar-refractivity contribution < 1.29 is 9.18 Å². The third-order valence-corrected chi connectivity index (χ3v) is 3.31. The van der Waals surface area contributed by atoms with E-state index < -0.39 is 5.54 Å². The first kappa shape index (κ1) is 11.3. The first-order chi connectivity index (χ1) is 7.53. The molecule has 1 unspecified atom stereocenters. The number of hydrogen-bond acceptors (Lipinski definition) is 2. The van der Waals surface area contributed by atoms with Gasteiger partial charge in [-0.25, -0.2) is 4.39 Å². The molecule has 1 atom stereocenters. The van der Waals surface area contributed by atoms with Crippen molar-refractivity contribution in [1.82, 2.24) is 5.32 Å². The average molecular weight is 221 g/mol. The topological polar surface area (TPSA) is 29.1 Å². The van der Waals surface area contributed by atoms with Gasteiger partial charge in [-0.2, -0.15) is 0 Å². The van der Waals surface area contributed by atoms with Gasteiger partial charge in [-0.1, -0.05) is 6.07 Å². The van der Waals surface area contributed by atoms with Gasteiger partial charge >= 0.3 is 0 Å². The molecule has 1 fully saturated rings. The minimum absolute atomic E-state index is 0.00185. The van der Waals surface area contributed by atoms with E-state index in [1.165, 1.54) is 12.1 Å². The standard InChI is InChI=1S/C13H16FNO/c1-9-4-5-10(14)8-11(9)12(16)13(2)6-3-7-15-13/h4-5,8,15H,3,6-7H2,1-2H3. The number of Topliss-reactive ketones (excluding diaryl/α,β-unsaturated/α-hetero) is 1. The van der Waals surface area contributed by atoms with E-state index in [1.54, 1.807) is 6.07 Å². The largest absolute Gasteiger partial charge is 0.305 e. The molecule has 0 aliphatic carbocycles. The van der Waals surface area contributed by atoms with Crippen LogP contribution in [0.25, 0.3) is 0 Å². The van der Waals surface area contributed by atoms with Gasteiger partial charge in [0.05, 0.1) is 5.54 Å². The monoisotopic (exact) mass is 221 g/mol. The number of hydrogen-bond donors (Lipinski definition) is 1. The molecule has 86 valence electrons. The van der Waals surface area contributed by atoms with Crippen LogP contribution in [-0.2, 0) is 0 Å². The molecule has 16 heavy (non-hydrogen) atoms. The van der Waals surface area contributed by atoms with Gasteiger partial charge in [0, 0.05) is 5.56 Å². The number of ketones is 1. The number of rotatable bonds is 2. The van der Waals surface area contributed by atoms with Crippen molar-refractivity contribution >= 4 is 5.78 Å². The molecule has 0 spiro atoms. The van der Waals surface area contributed by atoms with E-state index in [1.807, 2.05) is 13.8 Å². The highest BCUT2D eigenvalue weighted by atomic mass is 19.1. The van der Waals surface area contributed by atoms with Crippen LogP contribution in [0.15, 0.2) is 18.2 Å². The van der Waals surface area contributed by atoms with Gasteiger partial charge in [-0.05, 0) is 50.9 Å². The summed E-state index contributed by atoms with van der Waals surface area (Å²) < 4.78 is 13.1. The van der Waals surface area contributed by atoms with E-state index in [-0.39, 0.29) is 11.6 Å². The fourth-order valence-corrected chi connectivity index (χ4v) is 2.22. The predicted molar refractivity (Wildman–Crippen MR) is 61.1 cm³/mol. The van der Waals surface area contributed by atoms with Crippen LogP contribution in [0.2, 0.25) is 0 Å². The summed E-state index contributed by atoms with van der Waals surface area (Å²) in [5, 5.41) is 3.21. The van der Waals surface area contributed by atoms with Crippen LogP contribution in [0.4, 0.5) is 4.39 Å². The summed E-state index contributed by atoms with van der Waals surface area (Å²) in [6, 6.07) is 4.38. The molecule has 1 heterocycles. The van der Waals surface area contributed by atoms with Crippen molar-refractivity contribution in [2.24, 2.45) is 0 Å². The average Bonchev–Trinajstić information content (AvgIpc) is 2.69. The maximum absolute atomic E-state index is 13.1. The van der Waals surface area contributed by atoms with Crippen molar-refractivity contribution in [2.45, 2.75) is 32.2 Å². The zero-order chi connectivity index (χ0) is 11.8. The highest BCUT2D eigenvalue weighted by molar-refractivity contribution is 6.04. The van der Waals surface area contributed by atoms with Crippen molar-refractivity contribution in [2.75, 3.05) is 6.54 Å². The fourth-order valence-electron chi connectivity index (χ4n) is 2.22. The molecule has 1 aliphatic rings. The van der Waals surface area contributed by atoms with Crippen LogP contribution in [0.1, 0.15) is 35.7 Å². The van der Waals surface area contributed by atoms with E-state index in [9.17, 15) is 9.18 Å². The minimum Gasteiger partial charge on any atom is -0.305 e. The zero-order valence-electron chi connectivity index (χ0n) is 9.64. The van der Waals surface area contributed by atoms with Crippen LogP contribution >= 0.6 is 0 Å². The Bertz CT molecular complexity index is 422.